The maximum Gasteiger partial charge on any atom is 0.326 e. The zero-order chi connectivity index (χ0) is 15.8. The summed E-state index contributed by atoms with van der Waals surface area (Å²) < 4.78 is 0. The molecule has 0 atom stereocenters. The summed E-state index contributed by atoms with van der Waals surface area (Å²) in [6, 6.07) is -0.0941. The van der Waals surface area contributed by atoms with Crippen LogP contribution in [0.2, 0.25) is 19.6 Å². The summed E-state index contributed by atoms with van der Waals surface area (Å²) in [5.41, 5.74) is 4.09. The van der Waals surface area contributed by atoms with Crippen LogP contribution in [0.25, 0.3) is 0 Å². The predicted molar refractivity (Wildman–Crippen MR) is 87.1 cm³/mol. The highest BCUT2D eigenvalue weighted by atomic mass is 28.3. The van der Waals surface area contributed by atoms with E-state index < -0.39 is 8.07 Å². The molecule has 0 saturated heterocycles. The van der Waals surface area contributed by atoms with E-state index in [-0.39, 0.29) is 6.03 Å². The molecule has 0 saturated carbocycles. The Labute approximate surface area is 126 Å². The highest BCUT2D eigenvalue weighted by molar-refractivity contribution is 6.83. The average molecular weight is 303 g/mol. The standard InChI is InChI=1S/C14H21N5OSi/c1-17(2)14(20)19-10-18(3)11-9-15-12(16-13(11)19)7-8-21(4,5)6/h9H,10H2,1-6H3. The summed E-state index contributed by atoms with van der Waals surface area (Å²) in [6.45, 7) is 6.99. The fraction of sp³-hybridized carbons (Fsp3) is 0.500. The molecule has 0 aromatic carbocycles. The highest BCUT2D eigenvalue weighted by Gasteiger charge is 2.31. The molecule has 1 aliphatic heterocycles. The minimum Gasteiger partial charge on any atom is -0.352 e. The van der Waals surface area contributed by atoms with Gasteiger partial charge in [-0.05, 0) is 5.92 Å². The molecule has 7 heteroatoms. The predicted octanol–water partition coefficient (Wildman–Crippen LogP) is 1.60. The van der Waals surface area contributed by atoms with Gasteiger partial charge >= 0.3 is 6.03 Å². The monoisotopic (exact) mass is 303 g/mol. The lowest BCUT2D eigenvalue weighted by Crippen LogP contribution is -2.41. The smallest absolute Gasteiger partial charge is 0.326 e. The minimum atomic E-state index is -1.48. The SMILES string of the molecule is CN(C)C(=O)N1CN(C)c2cnc(C#C[Si](C)(C)C)nc21. The number of aromatic nitrogens is 2. The maximum absolute atomic E-state index is 12.2. The fourth-order valence-corrected chi connectivity index (χ4v) is 2.37. The quantitative estimate of drug-likeness (QED) is 0.540. The molecule has 21 heavy (non-hydrogen) atoms. The lowest BCUT2D eigenvalue weighted by molar-refractivity contribution is 0.224. The van der Waals surface area contributed by atoms with E-state index in [1.165, 1.54) is 0 Å². The van der Waals surface area contributed by atoms with Crippen molar-refractivity contribution in [2.75, 3.05) is 37.6 Å². The Kier molecular flexibility index (Phi) is 3.92. The van der Waals surface area contributed by atoms with Crippen LogP contribution in [0.1, 0.15) is 5.82 Å². The average Bonchev–Trinajstić information content (AvgIpc) is 2.71. The summed E-state index contributed by atoms with van der Waals surface area (Å²) >= 11 is 0. The second kappa shape index (κ2) is 5.37. The van der Waals surface area contributed by atoms with Crippen LogP contribution < -0.4 is 9.80 Å². The van der Waals surface area contributed by atoms with Crippen LogP contribution in [-0.4, -0.2) is 56.8 Å². The molecule has 1 aromatic heterocycles. The van der Waals surface area contributed by atoms with Gasteiger partial charge in [-0.25, -0.2) is 14.8 Å². The summed E-state index contributed by atoms with van der Waals surface area (Å²) in [5.74, 6) is 4.14. The summed E-state index contributed by atoms with van der Waals surface area (Å²) in [5, 5.41) is 0. The first-order chi connectivity index (χ1) is 9.69. The van der Waals surface area contributed by atoms with Gasteiger partial charge in [-0.1, -0.05) is 19.6 Å². The topological polar surface area (TPSA) is 52.6 Å². The van der Waals surface area contributed by atoms with Gasteiger partial charge in [0, 0.05) is 21.1 Å². The number of urea groups is 1. The van der Waals surface area contributed by atoms with Gasteiger partial charge in [-0.2, -0.15) is 0 Å². The van der Waals surface area contributed by atoms with Crippen LogP contribution in [-0.2, 0) is 0 Å². The van der Waals surface area contributed by atoms with Crippen LogP contribution >= 0.6 is 0 Å². The molecular weight excluding hydrogens is 282 g/mol. The summed E-state index contributed by atoms with van der Waals surface area (Å²) in [6.07, 6.45) is 1.74. The molecule has 1 aromatic rings. The number of carbonyl (C=O) groups excluding carboxylic acids is 1. The number of hydrogen-bond donors (Lipinski definition) is 0. The van der Waals surface area contributed by atoms with E-state index in [0.717, 1.165) is 5.69 Å². The van der Waals surface area contributed by atoms with Crippen molar-refractivity contribution in [3.8, 4) is 11.5 Å². The third-order valence-electron chi connectivity index (χ3n) is 2.93. The van der Waals surface area contributed by atoms with Crippen molar-refractivity contribution in [1.82, 2.24) is 14.9 Å². The van der Waals surface area contributed by atoms with Crippen LogP contribution in [0.5, 0.6) is 0 Å². The molecular formula is C14H21N5OSi. The Hall–Kier alpha value is -2.07. The third-order valence-corrected chi connectivity index (χ3v) is 3.81. The van der Waals surface area contributed by atoms with Crippen molar-refractivity contribution in [1.29, 1.82) is 0 Å². The maximum atomic E-state index is 12.2. The Bertz CT molecular complexity index is 626. The number of carbonyl (C=O) groups is 1. The first-order valence-electron chi connectivity index (χ1n) is 6.79. The van der Waals surface area contributed by atoms with E-state index in [1.54, 1.807) is 30.1 Å². The second-order valence-corrected chi connectivity index (χ2v) is 11.1. The molecule has 0 bridgehead atoms. The van der Waals surface area contributed by atoms with Gasteiger partial charge in [0.25, 0.3) is 0 Å². The van der Waals surface area contributed by atoms with Crippen LogP contribution in [0.3, 0.4) is 0 Å². The molecule has 0 radical (unpaired) electrons. The van der Waals surface area contributed by atoms with E-state index in [9.17, 15) is 4.79 Å². The molecule has 1 aliphatic rings. The first kappa shape index (κ1) is 15.3. The Morgan fingerprint density at radius 1 is 1.38 bits per heavy atom. The molecule has 0 unspecified atom stereocenters. The van der Waals surface area contributed by atoms with Gasteiger partial charge < -0.3 is 9.80 Å². The molecule has 2 amide bonds. The third kappa shape index (κ3) is 3.33. The first-order valence-corrected chi connectivity index (χ1v) is 10.3. The molecule has 0 fully saturated rings. The summed E-state index contributed by atoms with van der Waals surface area (Å²) in [4.78, 5) is 26.1. The van der Waals surface area contributed by atoms with Crippen molar-refractivity contribution in [3.05, 3.63) is 12.0 Å². The number of nitrogens with zero attached hydrogens (tertiary/aromatic N) is 5. The van der Waals surface area contributed by atoms with Gasteiger partial charge in [0.05, 0.1) is 6.20 Å². The molecule has 0 spiro atoms. The number of anilines is 2. The number of rotatable bonds is 0. The molecule has 112 valence electrons. The lowest BCUT2D eigenvalue weighted by Gasteiger charge is -2.20. The normalized spacial score (nSPS) is 13.6. The Morgan fingerprint density at radius 3 is 2.62 bits per heavy atom. The van der Waals surface area contributed by atoms with Crippen molar-refractivity contribution in [2.45, 2.75) is 19.6 Å². The minimum absolute atomic E-state index is 0.0941. The van der Waals surface area contributed by atoms with E-state index in [2.05, 4.69) is 41.1 Å². The van der Waals surface area contributed by atoms with E-state index in [1.807, 2.05) is 11.9 Å². The van der Waals surface area contributed by atoms with E-state index >= 15 is 0 Å². The van der Waals surface area contributed by atoms with Crippen molar-refractivity contribution < 1.29 is 4.79 Å². The van der Waals surface area contributed by atoms with E-state index in [4.69, 9.17) is 0 Å². The molecule has 2 rings (SSSR count). The van der Waals surface area contributed by atoms with Crippen molar-refractivity contribution in [3.63, 3.8) is 0 Å². The van der Waals surface area contributed by atoms with E-state index in [0.29, 0.717) is 18.3 Å². The molecule has 0 aliphatic carbocycles. The van der Waals surface area contributed by atoms with Gasteiger partial charge in [-0.15, -0.1) is 5.54 Å². The van der Waals surface area contributed by atoms with Crippen molar-refractivity contribution in [2.24, 2.45) is 0 Å². The Balaban J connectivity index is 2.39. The molecule has 6 nitrogen and oxygen atoms in total. The molecule has 2 heterocycles. The van der Waals surface area contributed by atoms with Crippen LogP contribution in [0.15, 0.2) is 6.20 Å². The number of amides is 2. The second-order valence-electron chi connectivity index (χ2n) is 6.35. The zero-order valence-corrected chi connectivity index (χ0v) is 14.4. The largest absolute Gasteiger partial charge is 0.352 e. The van der Waals surface area contributed by atoms with Gasteiger partial charge in [-0.3, -0.25) is 4.90 Å². The van der Waals surface area contributed by atoms with Crippen molar-refractivity contribution >= 4 is 25.6 Å². The Morgan fingerprint density at radius 2 is 2.05 bits per heavy atom. The van der Waals surface area contributed by atoms with Gasteiger partial charge in [0.2, 0.25) is 5.82 Å². The van der Waals surface area contributed by atoms with Crippen LogP contribution in [0.4, 0.5) is 16.3 Å². The zero-order valence-electron chi connectivity index (χ0n) is 13.4. The van der Waals surface area contributed by atoms with Gasteiger partial charge in [0.15, 0.2) is 5.82 Å². The molecule has 0 N–H and O–H groups in total. The highest BCUT2D eigenvalue weighted by Crippen LogP contribution is 2.32. The number of fused-ring (bicyclic) bond motifs is 1. The lowest BCUT2D eigenvalue weighted by atomic mass is 10.4. The number of hydrogen-bond acceptors (Lipinski definition) is 4. The van der Waals surface area contributed by atoms with Crippen LogP contribution in [0, 0.1) is 11.5 Å². The summed E-state index contributed by atoms with van der Waals surface area (Å²) in [7, 11) is 3.90. The fourth-order valence-electron chi connectivity index (χ4n) is 1.89. The van der Waals surface area contributed by atoms with Gasteiger partial charge in [0.1, 0.15) is 20.4 Å².